The summed E-state index contributed by atoms with van der Waals surface area (Å²) in [5, 5.41) is 0. The minimum absolute atomic E-state index is 0.687. The van der Waals surface area contributed by atoms with Gasteiger partial charge >= 0.3 is 0 Å². The zero-order chi connectivity index (χ0) is 13.2. The van der Waals surface area contributed by atoms with Gasteiger partial charge in [0.15, 0.2) is 0 Å². The maximum atomic E-state index is 5.25. The Hall–Kier alpha value is -1.13. The molecule has 2 nitrogen and oxygen atoms in total. The van der Waals surface area contributed by atoms with Crippen LogP contribution < -0.4 is 0 Å². The predicted octanol–water partition coefficient (Wildman–Crippen LogP) is 4.62. The van der Waals surface area contributed by atoms with Crippen molar-refractivity contribution in [2.24, 2.45) is 0 Å². The molecule has 1 aromatic heterocycles. The van der Waals surface area contributed by atoms with E-state index >= 15 is 0 Å². The summed E-state index contributed by atoms with van der Waals surface area (Å²) in [4.78, 5) is 9.13. The molecule has 98 valence electrons. The molecule has 0 unspecified atom stereocenters. The minimum atomic E-state index is 0.687. The number of aromatic nitrogens is 2. The van der Waals surface area contributed by atoms with E-state index in [1.54, 1.807) is 11.8 Å². The molecule has 2 aromatic rings. The molecule has 1 heterocycles. The summed E-state index contributed by atoms with van der Waals surface area (Å²) in [5.41, 5.74) is 2.55. The molecule has 0 amide bonds. The Morgan fingerprint density at radius 3 is 2.95 bits per heavy atom. The average Bonchev–Trinajstić information content (AvgIpc) is 3.20. The lowest BCUT2D eigenvalue weighted by atomic mass is 10.2. The Labute approximate surface area is 122 Å². The first-order chi connectivity index (χ1) is 9.20. The Kier molecular flexibility index (Phi) is 3.71. The van der Waals surface area contributed by atoms with Crippen LogP contribution >= 0.6 is 24.0 Å². The van der Waals surface area contributed by atoms with Crippen molar-refractivity contribution in [3.05, 3.63) is 52.1 Å². The van der Waals surface area contributed by atoms with Crippen molar-refractivity contribution in [3.8, 4) is 0 Å². The van der Waals surface area contributed by atoms with Crippen LogP contribution in [0.3, 0.4) is 0 Å². The third kappa shape index (κ3) is 3.45. The highest BCUT2D eigenvalue weighted by atomic mass is 32.2. The second-order valence-electron chi connectivity index (χ2n) is 5.00. The first-order valence-corrected chi connectivity index (χ1v) is 7.90. The highest BCUT2D eigenvalue weighted by Crippen LogP contribution is 2.39. The maximum absolute atomic E-state index is 5.25. The highest BCUT2D eigenvalue weighted by Gasteiger charge is 2.24. The van der Waals surface area contributed by atoms with Crippen molar-refractivity contribution in [2.45, 2.75) is 36.3 Å². The number of aryl methyl sites for hydroxylation is 1. The number of hydrogen-bond donors (Lipinski definition) is 1. The molecule has 4 heteroatoms. The third-order valence-electron chi connectivity index (χ3n) is 3.20. The molecule has 1 aliphatic carbocycles. The van der Waals surface area contributed by atoms with Gasteiger partial charge in [-0.05, 0) is 43.9 Å². The van der Waals surface area contributed by atoms with E-state index in [1.165, 1.54) is 29.0 Å². The third-order valence-corrected chi connectivity index (χ3v) is 4.41. The molecule has 0 radical (unpaired) electrons. The van der Waals surface area contributed by atoms with Crippen molar-refractivity contribution in [2.75, 3.05) is 0 Å². The number of nitrogens with one attached hydrogen (secondary N) is 1. The van der Waals surface area contributed by atoms with E-state index < -0.39 is 0 Å². The lowest BCUT2D eigenvalue weighted by molar-refractivity contribution is 0.925. The predicted molar refractivity (Wildman–Crippen MR) is 82.1 cm³/mol. The van der Waals surface area contributed by atoms with Gasteiger partial charge in [0, 0.05) is 10.6 Å². The molecule has 1 N–H and O–H groups in total. The van der Waals surface area contributed by atoms with Crippen LogP contribution in [0.4, 0.5) is 0 Å². The summed E-state index contributed by atoms with van der Waals surface area (Å²) in [5.74, 6) is 2.52. The van der Waals surface area contributed by atoms with Gasteiger partial charge in [0.25, 0.3) is 0 Å². The summed E-state index contributed by atoms with van der Waals surface area (Å²) in [6.07, 6.45) is 2.56. The fourth-order valence-corrected chi connectivity index (χ4v) is 3.19. The van der Waals surface area contributed by atoms with E-state index in [9.17, 15) is 0 Å². The van der Waals surface area contributed by atoms with Crippen molar-refractivity contribution in [1.82, 2.24) is 9.97 Å². The van der Waals surface area contributed by atoms with Crippen LogP contribution in [0.25, 0.3) is 0 Å². The molecule has 19 heavy (non-hydrogen) atoms. The van der Waals surface area contributed by atoms with Crippen LogP contribution in [0.5, 0.6) is 0 Å². The fraction of sp³-hybridized carbons (Fsp3) is 0.333. The van der Waals surface area contributed by atoms with E-state index in [0.29, 0.717) is 10.6 Å². The Morgan fingerprint density at radius 1 is 1.37 bits per heavy atom. The van der Waals surface area contributed by atoms with Gasteiger partial charge in [-0.1, -0.05) is 29.9 Å². The highest BCUT2D eigenvalue weighted by molar-refractivity contribution is 7.98. The standard InChI is InChI=1S/C15H16N2S2/c1-10-3-2-4-12(7-10)19-9-14-16-13(11-5-6-11)8-15(18)17-14/h2-4,7-8,11H,5-6,9H2,1H3,(H,16,17,18). The number of thioether (sulfide) groups is 1. The van der Waals surface area contributed by atoms with E-state index in [0.717, 1.165) is 11.6 Å². The molecule has 1 aliphatic rings. The molecular weight excluding hydrogens is 272 g/mol. The van der Waals surface area contributed by atoms with Crippen molar-refractivity contribution in [3.63, 3.8) is 0 Å². The number of benzene rings is 1. The Bertz CT molecular complexity index is 645. The number of aromatic amines is 1. The number of rotatable bonds is 4. The van der Waals surface area contributed by atoms with Gasteiger partial charge in [0.05, 0.1) is 5.75 Å². The summed E-state index contributed by atoms with van der Waals surface area (Å²) in [6.45, 7) is 2.11. The summed E-state index contributed by atoms with van der Waals surface area (Å²) in [7, 11) is 0. The van der Waals surface area contributed by atoms with Gasteiger partial charge in [-0.2, -0.15) is 0 Å². The van der Waals surface area contributed by atoms with Crippen LogP contribution in [0.1, 0.15) is 35.8 Å². The molecular formula is C15H16N2S2. The minimum Gasteiger partial charge on any atom is -0.346 e. The van der Waals surface area contributed by atoms with E-state index in [4.69, 9.17) is 12.2 Å². The van der Waals surface area contributed by atoms with Crippen LogP contribution in [0.2, 0.25) is 0 Å². The van der Waals surface area contributed by atoms with E-state index in [1.807, 2.05) is 6.07 Å². The van der Waals surface area contributed by atoms with Crippen molar-refractivity contribution in [1.29, 1.82) is 0 Å². The van der Waals surface area contributed by atoms with Crippen LogP contribution in [0, 0.1) is 11.6 Å². The molecule has 1 saturated carbocycles. The Morgan fingerprint density at radius 2 is 2.21 bits per heavy atom. The molecule has 0 spiro atoms. The van der Waals surface area contributed by atoms with Gasteiger partial charge in [0.2, 0.25) is 0 Å². The van der Waals surface area contributed by atoms with E-state index in [2.05, 4.69) is 41.2 Å². The first-order valence-electron chi connectivity index (χ1n) is 6.50. The van der Waals surface area contributed by atoms with Gasteiger partial charge < -0.3 is 4.98 Å². The first kappa shape index (κ1) is 12.9. The maximum Gasteiger partial charge on any atom is 0.130 e. The molecule has 1 aromatic carbocycles. The van der Waals surface area contributed by atoms with Gasteiger partial charge in [-0.15, -0.1) is 11.8 Å². The molecule has 3 rings (SSSR count). The fourth-order valence-electron chi connectivity index (χ4n) is 2.07. The normalized spacial score (nSPS) is 14.6. The molecule has 1 fully saturated rings. The second kappa shape index (κ2) is 5.47. The zero-order valence-electron chi connectivity index (χ0n) is 10.8. The SMILES string of the molecule is Cc1cccc(SCc2nc(=S)cc(C3CC3)[nH]2)c1. The van der Waals surface area contributed by atoms with Crippen LogP contribution in [-0.4, -0.2) is 9.97 Å². The van der Waals surface area contributed by atoms with Gasteiger partial charge in [0.1, 0.15) is 10.5 Å². The zero-order valence-corrected chi connectivity index (χ0v) is 12.5. The van der Waals surface area contributed by atoms with Crippen LogP contribution in [-0.2, 0) is 5.75 Å². The summed E-state index contributed by atoms with van der Waals surface area (Å²) in [6, 6.07) is 10.5. The second-order valence-corrected chi connectivity index (χ2v) is 6.47. The largest absolute Gasteiger partial charge is 0.346 e. The summed E-state index contributed by atoms with van der Waals surface area (Å²) < 4.78 is 0.709. The topological polar surface area (TPSA) is 28.7 Å². The quantitative estimate of drug-likeness (QED) is 0.657. The lowest BCUT2D eigenvalue weighted by Gasteiger charge is -2.05. The molecule has 0 saturated heterocycles. The average molecular weight is 288 g/mol. The summed E-state index contributed by atoms with van der Waals surface area (Å²) >= 11 is 7.04. The number of nitrogens with zero attached hydrogens (tertiary/aromatic N) is 1. The van der Waals surface area contributed by atoms with Gasteiger partial charge in [-0.3, -0.25) is 0 Å². The molecule has 0 atom stereocenters. The monoisotopic (exact) mass is 288 g/mol. The van der Waals surface area contributed by atoms with Crippen molar-refractivity contribution >= 4 is 24.0 Å². The Balaban J connectivity index is 1.74. The van der Waals surface area contributed by atoms with Crippen molar-refractivity contribution < 1.29 is 0 Å². The van der Waals surface area contributed by atoms with Crippen LogP contribution in [0.15, 0.2) is 35.2 Å². The molecule has 0 aliphatic heterocycles. The lowest BCUT2D eigenvalue weighted by Crippen LogP contribution is -1.97. The number of hydrogen-bond acceptors (Lipinski definition) is 3. The number of H-pyrrole nitrogens is 1. The molecule has 0 bridgehead atoms. The smallest absolute Gasteiger partial charge is 0.130 e. The van der Waals surface area contributed by atoms with E-state index in [-0.39, 0.29) is 0 Å². The van der Waals surface area contributed by atoms with Gasteiger partial charge in [-0.25, -0.2) is 4.98 Å².